The predicted molar refractivity (Wildman–Crippen MR) is 35.0 cm³/mol. The Hall–Kier alpha value is -1.03. The summed E-state index contributed by atoms with van der Waals surface area (Å²) in [6.45, 7) is 1.90. The molecule has 0 aromatic rings. The van der Waals surface area contributed by atoms with E-state index in [0.29, 0.717) is 0 Å². The Kier molecular flexibility index (Phi) is 1.69. The van der Waals surface area contributed by atoms with Gasteiger partial charge >= 0.3 is 0 Å². The standard InChI is InChI=1S/C8H8O/c1-7-4-2-3-5-8(7)6-9/h3,6,8H,5H2,1H3. The quantitative estimate of drug-likeness (QED) is 0.378. The van der Waals surface area contributed by atoms with Crippen LogP contribution in [-0.4, -0.2) is 6.29 Å². The molecule has 0 bridgehead atoms. The van der Waals surface area contributed by atoms with Crippen molar-refractivity contribution in [2.24, 2.45) is 5.92 Å². The number of allylic oxidation sites excluding steroid dienone is 2. The van der Waals surface area contributed by atoms with E-state index in [0.717, 1.165) is 18.3 Å². The van der Waals surface area contributed by atoms with Crippen LogP contribution in [0.2, 0.25) is 0 Å². The summed E-state index contributed by atoms with van der Waals surface area (Å²) in [5.41, 5.74) is 6.68. The zero-order valence-electron chi connectivity index (χ0n) is 5.35. The Morgan fingerprint density at radius 2 is 2.67 bits per heavy atom. The zero-order valence-corrected chi connectivity index (χ0v) is 5.35. The Balaban J connectivity index is 2.91. The third-order valence-corrected chi connectivity index (χ3v) is 1.46. The molecule has 1 nitrogen and oxygen atoms in total. The van der Waals surface area contributed by atoms with Crippen LogP contribution in [0, 0.1) is 5.92 Å². The van der Waals surface area contributed by atoms with Gasteiger partial charge in [-0.1, -0.05) is 11.5 Å². The molecule has 0 heterocycles. The molecule has 0 fully saturated rings. The van der Waals surface area contributed by atoms with Crippen LogP contribution in [0.3, 0.4) is 0 Å². The summed E-state index contributed by atoms with van der Waals surface area (Å²) < 4.78 is 0. The minimum Gasteiger partial charge on any atom is -0.303 e. The van der Waals surface area contributed by atoms with Gasteiger partial charge in [0.2, 0.25) is 0 Å². The maximum atomic E-state index is 10.3. The maximum Gasteiger partial charge on any atom is 0.128 e. The molecule has 1 rings (SSSR count). The highest BCUT2D eigenvalue weighted by Gasteiger charge is 2.07. The predicted octanol–water partition coefficient (Wildman–Crippen LogP) is 1.46. The normalized spacial score (nSPS) is 23.7. The minimum absolute atomic E-state index is 0.0613. The number of hydrogen-bond acceptors (Lipinski definition) is 1. The highest BCUT2D eigenvalue weighted by molar-refractivity contribution is 5.59. The van der Waals surface area contributed by atoms with Crippen molar-refractivity contribution >= 4 is 6.29 Å². The molecule has 0 aromatic heterocycles. The first kappa shape index (κ1) is 6.10. The van der Waals surface area contributed by atoms with Crippen molar-refractivity contribution in [2.75, 3.05) is 0 Å². The second-order valence-electron chi connectivity index (χ2n) is 2.13. The molecule has 1 unspecified atom stereocenters. The minimum atomic E-state index is 0.0613. The van der Waals surface area contributed by atoms with E-state index in [-0.39, 0.29) is 5.92 Å². The van der Waals surface area contributed by atoms with E-state index in [2.05, 4.69) is 11.5 Å². The molecule has 0 aliphatic heterocycles. The van der Waals surface area contributed by atoms with E-state index in [1.807, 2.05) is 13.0 Å². The molecular formula is C8H8O. The van der Waals surface area contributed by atoms with E-state index in [4.69, 9.17) is 0 Å². The molecule has 9 heavy (non-hydrogen) atoms. The molecule has 1 atom stereocenters. The van der Waals surface area contributed by atoms with Crippen molar-refractivity contribution in [3.63, 3.8) is 0 Å². The molecule has 0 saturated carbocycles. The Morgan fingerprint density at radius 3 is 3.11 bits per heavy atom. The lowest BCUT2D eigenvalue weighted by atomic mass is 9.97. The van der Waals surface area contributed by atoms with Gasteiger partial charge in [0.1, 0.15) is 6.29 Å². The lowest BCUT2D eigenvalue weighted by Crippen LogP contribution is -2.02. The summed E-state index contributed by atoms with van der Waals surface area (Å²) in [6, 6.07) is 0. The van der Waals surface area contributed by atoms with Crippen molar-refractivity contribution < 1.29 is 4.79 Å². The number of carbonyl (C=O) groups excluding carboxylic acids is 1. The Labute approximate surface area is 54.4 Å². The summed E-state index contributed by atoms with van der Waals surface area (Å²) in [5, 5.41) is 0. The third kappa shape index (κ3) is 1.20. The van der Waals surface area contributed by atoms with Gasteiger partial charge in [0.25, 0.3) is 0 Å². The molecule has 1 aliphatic carbocycles. The third-order valence-electron chi connectivity index (χ3n) is 1.46. The monoisotopic (exact) mass is 120 g/mol. The van der Waals surface area contributed by atoms with Crippen molar-refractivity contribution in [2.45, 2.75) is 13.3 Å². The van der Waals surface area contributed by atoms with Crippen molar-refractivity contribution in [1.82, 2.24) is 0 Å². The lowest BCUT2D eigenvalue weighted by Gasteiger charge is -2.05. The molecule has 0 saturated heterocycles. The fourth-order valence-electron chi connectivity index (χ4n) is 0.778. The molecule has 1 heteroatoms. The SMILES string of the molecule is CC1=C=C=CCC1C=O. The number of rotatable bonds is 1. The van der Waals surface area contributed by atoms with Crippen molar-refractivity contribution in [3.8, 4) is 0 Å². The summed E-state index contributed by atoms with van der Waals surface area (Å²) in [6.07, 6.45) is 3.59. The number of carbonyl (C=O) groups is 1. The van der Waals surface area contributed by atoms with E-state index in [9.17, 15) is 4.79 Å². The van der Waals surface area contributed by atoms with Crippen LogP contribution in [0.4, 0.5) is 0 Å². The summed E-state index contributed by atoms with van der Waals surface area (Å²) in [4.78, 5) is 10.3. The van der Waals surface area contributed by atoms with Crippen LogP contribution < -0.4 is 0 Å². The second-order valence-corrected chi connectivity index (χ2v) is 2.13. The van der Waals surface area contributed by atoms with Gasteiger partial charge in [-0.3, -0.25) is 0 Å². The summed E-state index contributed by atoms with van der Waals surface area (Å²) >= 11 is 0. The van der Waals surface area contributed by atoms with Gasteiger partial charge < -0.3 is 4.79 Å². The van der Waals surface area contributed by atoms with Gasteiger partial charge in [-0.25, -0.2) is 0 Å². The first-order chi connectivity index (χ1) is 4.34. The van der Waals surface area contributed by atoms with Crippen LogP contribution in [-0.2, 0) is 4.79 Å². The highest BCUT2D eigenvalue weighted by Crippen LogP contribution is 2.13. The molecule has 0 radical (unpaired) electrons. The van der Waals surface area contributed by atoms with Crippen molar-refractivity contribution in [1.29, 1.82) is 0 Å². The molecule has 1 aliphatic rings. The fourth-order valence-corrected chi connectivity index (χ4v) is 0.778. The summed E-state index contributed by atoms with van der Waals surface area (Å²) in [7, 11) is 0. The van der Waals surface area contributed by atoms with Gasteiger partial charge in [-0.2, -0.15) is 0 Å². The molecule has 0 amide bonds. The molecular weight excluding hydrogens is 112 g/mol. The van der Waals surface area contributed by atoms with Crippen LogP contribution >= 0.6 is 0 Å². The molecule has 46 valence electrons. The van der Waals surface area contributed by atoms with Gasteiger partial charge in [-0.15, -0.1) is 0 Å². The number of aldehydes is 1. The highest BCUT2D eigenvalue weighted by atomic mass is 16.1. The largest absolute Gasteiger partial charge is 0.303 e. The lowest BCUT2D eigenvalue weighted by molar-refractivity contribution is -0.110. The van der Waals surface area contributed by atoms with E-state index >= 15 is 0 Å². The summed E-state index contributed by atoms with van der Waals surface area (Å²) in [5.74, 6) is 0.0613. The fraction of sp³-hybridized carbons (Fsp3) is 0.375. The van der Waals surface area contributed by atoms with E-state index < -0.39 is 0 Å². The zero-order chi connectivity index (χ0) is 6.69. The van der Waals surface area contributed by atoms with Crippen LogP contribution in [0.25, 0.3) is 0 Å². The Morgan fingerprint density at radius 1 is 1.89 bits per heavy atom. The van der Waals surface area contributed by atoms with Crippen molar-refractivity contribution in [3.05, 3.63) is 23.1 Å². The van der Waals surface area contributed by atoms with Crippen LogP contribution in [0.1, 0.15) is 13.3 Å². The molecule has 0 N–H and O–H groups in total. The first-order valence-electron chi connectivity index (χ1n) is 2.96. The average molecular weight is 120 g/mol. The second kappa shape index (κ2) is 2.50. The van der Waals surface area contributed by atoms with Gasteiger partial charge in [0.05, 0.1) is 0 Å². The Bertz CT molecular complexity index is 213. The van der Waals surface area contributed by atoms with Crippen LogP contribution in [0.15, 0.2) is 23.1 Å². The molecule has 0 aromatic carbocycles. The van der Waals surface area contributed by atoms with Gasteiger partial charge in [0.15, 0.2) is 0 Å². The topological polar surface area (TPSA) is 17.1 Å². The van der Waals surface area contributed by atoms with E-state index in [1.54, 1.807) is 0 Å². The van der Waals surface area contributed by atoms with E-state index in [1.165, 1.54) is 0 Å². The van der Waals surface area contributed by atoms with Gasteiger partial charge in [-0.05, 0) is 25.0 Å². The maximum absolute atomic E-state index is 10.3. The van der Waals surface area contributed by atoms with Crippen LogP contribution in [0.5, 0.6) is 0 Å². The molecule has 0 spiro atoms. The smallest absolute Gasteiger partial charge is 0.128 e. The van der Waals surface area contributed by atoms with Gasteiger partial charge in [0, 0.05) is 5.92 Å². The first-order valence-corrected chi connectivity index (χ1v) is 2.96. The average Bonchev–Trinajstić information content (AvgIpc) is 1.89. The number of hydrogen-bond donors (Lipinski definition) is 0.